The van der Waals surface area contributed by atoms with Crippen molar-refractivity contribution in [2.45, 2.75) is 26.4 Å². The molecule has 0 spiro atoms. The van der Waals surface area contributed by atoms with E-state index >= 15 is 0 Å². The molecule has 2 amide bonds. The summed E-state index contributed by atoms with van der Waals surface area (Å²) in [6.07, 6.45) is 0. The second-order valence-electron chi connectivity index (χ2n) is 8.56. The van der Waals surface area contributed by atoms with Crippen molar-refractivity contribution in [3.63, 3.8) is 0 Å². The number of rotatable bonds is 6. The van der Waals surface area contributed by atoms with Gasteiger partial charge in [-0.25, -0.2) is 9.18 Å². The number of anilines is 1. The van der Waals surface area contributed by atoms with Crippen molar-refractivity contribution in [1.29, 1.82) is 0 Å². The number of nitrogens with zero attached hydrogens (tertiary/aromatic N) is 1. The lowest BCUT2D eigenvalue weighted by Gasteiger charge is -2.28. The first-order valence-electron chi connectivity index (χ1n) is 11.0. The second-order valence-corrected chi connectivity index (χ2v) is 8.56. The number of carbonyl (C=O) groups excluding carboxylic acids is 3. The lowest BCUT2D eigenvalue weighted by atomic mass is 10.0. The normalized spacial score (nSPS) is 13.6. The van der Waals surface area contributed by atoms with Crippen molar-refractivity contribution in [3.05, 3.63) is 89.2 Å². The number of amides is 2. The van der Waals surface area contributed by atoms with Crippen LogP contribution in [0, 0.1) is 11.7 Å². The van der Waals surface area contributed by atoms with Crippen LogP contribution < -0.4 is 5.32 Å². The Labute approximate surface area is 197 Å². The number of benzene rings is 3. The lowest BCUT2D eigenvalue weighted by Crippen LogP contribution is -2.45. The van der Waals surface area contributed by atoms with Crippen LogP contribution in [-0.2, 0) is 16.1 Å². The van der Waals surface area contributed by atoms with E-state index < -0.39 is 23.7 Å². The molecule has 0 unspecified atom stereocenters. The third kappa shape index (κ3) is 4.55. The number of hydrogen-bond acceptors (Lipinski definition) is 4. The second kappa shape index (κ2) is 9.47. The van der Waals surface area contributed by atoms with Crippen LogP contribution in [0.15, 0.2) is 66.7 Å². The molecule has 0 aromatic heterocycles. The molecule has 4 rings (SSSR count). The van der Waals surface area contributed by atoms with Crippen LogP contribution in [0.1, 0.15) is 40.1 Å². The van der Waals surface area contributed by atoms with Crippen molar-refractivity contribution < 1.29 is 23.5 Å². The minimum Gasteiger partial charge on any atom is -0.467 e. The van der Waals surface area contributed by atoms with E-state index in [-0.39, 0.29) is 17.4 Å². The maximum Gasteiger partial charge on any atom is 0.328 e. The summed E-state index contributed by atoms with van der Waals surface area (Å²) >= 11 is 0. The van der Waals surface area contributed by atoms with Crippen molar-refractivity contribution in [3.8, 4) is 11.1 Å². The maximum atomic E-state index is 13.4. The Hall–Kier alpha value is -4.00. The first-order chi connectivity index (χ1) is 16.3. The highest BCUT2D eigenvalue weighted by molar-refractivity contribution is 6.04. The molecule has 1 heterocycles. The molecule has 1 aliphatic heterocycles. The molecule has 1 aliphatic rings. The fourth-order valence-electron chi connectivity index (χ4n) is 4.21. The van der Waals surface area contributed by atoms with Gasteiger partial charge in [0, 0.05) is 23.4 Å². The molecule has 6 nitrogen and oxygen atoms in total. The zero-order valence-corrected chi connectivity index (χ0v) is 19.2. The number of fused-ring (bicyclic) bond motifs is 1. The average Bonchev–Trinajstić information content (AvgIpc) is 3.14. The zero-order valence-electron chi connectivity index (χ0n) is 19.2. The summed E-state index contributed by atoms with van der Waals surface area (Å²) in [5, 5.41) is 2.76. The van der Waals surface area contributed by atoms with Gasteiger partial charge >= 0.3 is 5.97 Å². The predicted molar refractivity (Wildman–Crippen MR) is 127 cm³/mol. The van der Waals surface area contributed by atoms with Crippen LogP contribution in [0.4, 0.5) is 10.1 Å². The Bertz CT molecular complexity index is 1250. The van der Waals surface area contributed by atoms with Crippen molar-refractivity contribution in [1.82, 2.24) is 4.90 Å². The maximum absolute atomic E-state index is 13.4. The van der Waals surface area contributed by atoms with E-state index in [0.717, 1.165) is 16.7 Å². The van der Waals surface area contributed by atoms with Gasteiger partial charge in [0.15, 0.2) is 0 Å². The Kier molecular flexibility index (Phi) is 6.45. The molecule has 0 aliphatic carbocycles. The molecule has 1 atom stereocenters. The summed E-state index contributed by atoms with van der Waals surface area (Å²) in [6, 6.07) is 17.7. The minimum absolute atomic E-state index is 0.0830. The Morgan fingerprint density at radius 2 is 1.71 bits per heavy atom. The van der Waals surface area contributed by atoms with Crippen LogP contribution in [0.3, 0.4) is 0 Å². The number of esters is 1. The first kappa shape index (κ1) is 23.2. The molecule has 1 N–H and O–H groups in total. The highest BCUT2D eigenvalue weighted by Crippen LogP contribution is 2.32. The summed E-state index contributed by atoms with van der Waals surface area (Å²) < 4.78 is 18.3. The van der Waals surface area contributed by atoms with E-state index in [0.29, 0.717) is 17.8 Å². The van der Waals surface area contributed by atoms with Gasteiger partial charge in [-0.15, -0.1) is 0 Å². The number of hydrogen-bond donors (Lipinski definition) is 1. The van der Waals surface area contributed by atoms with Gasteiger partial charge in [0.2, 0.25) is 0 Å². The fourth-order valence-corrected chi connectivity index (χ4v) is 4.21. The molecule has 0 radical (unpaired) electrons. The van der Waals surface area contributed by atoms with Gasteiger partial charge in [-0.1, -0.05) is 38.1 Å². The molecule has 34 heavy (non-hydrogen) atoms. The first-order valence-corrected chi connectivity index (χ1v) is 11.0. The minimum atomic E-state index is -0.644. The molecule has 0 bridgehead atoms. The van der Waals surface area contributed by atoms with Crippen molar-refractivity contribution in [2.24, 2.45) is 5.92 Å². The summed E-state index contributed by atoms with van der Waals surface area (Å²) in [4.78, 5) is 39.1. The highest BCUT2D eigenvalue weighted by atomic mass is 19.1. The number of ether oxygens (including phenoxy) is 1. The smallest absolute Gasteiger partial charge is 0.328 e. The Balaban J connectivity index is 1.51. The predicted octanol–water partition coefficient (Wildman–Crippen LogP) is 4.90. The molecular formula is C27H25FN2O4. The number of halogens is 1. The van der Waals surface area contributed by atoms with Crippen LogP contribution in [-0.4, -0.2) is 35.8 Å². The molecule has 0 fully saturated rings. The summed E-state index contributed by atoms with van der Waals surface area (Å²) in [7, 11) is 1.33. The zero-order chi connectivity index (χ0) is 24.4. The number of methoxy groups -OCH3 is 1. The monoisotopic (exact) mass is 460 g/mol. The van der Waals surface area contributed by atoms with E-state index in [1.54, 1.807) is 29.2 Å². The van der Waals surface area contributed by atoms with Gasteiger partial charge in [-0.2, -0.15) is 0 Å². The molecule has 7 heteroatoms. The quantitative estimate of drug-likeness (QED) is 0.531. The summed E-state index contributed by atoms with van der Waals surface area (Å²) in [5.74, 6) is -1.55. The Morgan fingerprint density at radius 1 is 1.00 bits per heavy atom. The van der Waals surface area contributed by atoms with Crippen LogP contribution in [0.25, 0.3) is 11.1 Å². The highest BCUT2D eigenvalue weighted by Gasteiger charge is 2.38. The van der Waals surface area contributed by atoms with Gasteiger partial charge < -0.3 is 15.0 Å². The van der Waals surface area contributed by atoms with E-state index in [1.807, 2.05) is 38.1 Å². The van der Waals surface area contributed by atoms with E-state index in [4.69, 9.17) is 4.74 Å². The van der Waals surface area contributed by atoms with Gasteiger partial charge in [0.05, 0.1) is 7.11 Å². The van der Waals surface area contributed by atoms with E-state index in [2.05, 4.69) is 5.32 Å². The van der Waals surface area contributed by atoms with Crippen molar-refractivity contribution >= 4 is 23.5 Å². The van der Waals surface area contributed by atoms with Gasteiger partial charge in [-0.05, 0) is 65.1 Å². The average molecular weight is 461 g/mol. The number of nitrogens with one attached hydrogen (secondary N) is 1. The molecule has 0 saturated carbocycles. The van der Waals surface area contributed by atoms with Gasteiger partial charge in [0.25, 0.3) is 11.8 Å². The lowest BCUT2D eigenvalue weighted by molar-refractivity contribution is -0.147. The summed E-state index contributed by atoms with van der Waals surface area (Å²) in [6.45, 7) is 4.11. The van der Waals surface area contributed by atoms with Crippen LogP contribution in [0.5, 0.6) is 0 Å². The van der Waals surface area contributed by atoms with Gasteiger partial charge in [0.1, 0.15) is 11.9 Å². The van der Waals surface area contributed by atoms with Crippen LogP contribution in [0.2, 0.25) is 0 Å². The number of carbonyl (C=O) groups is 3. The van der Waals surface area contributed by atoms with Crippen molar-refractivity contribution in [2.75, 3.05) is 12.4 Å². The van der Waals surface area contributed by atoms with Crippen LogP contribution >= 0.6 is 0 Å². The van der Waals surface area contributed by atoms with Gasteiger partial charge in [-0.3, -0.25) is 9.59 Å². The molecular weight excluding hydrogens is 435 g/mol. The topological polar surface area (TPSA) is 75.7 Å². The van der Waals surface area contributed by atoms with E-state index in [9.17, 15) is 18.8 Å². The fraction of sp³-hybridized carbons (Fsp3) is 0.222. The third-order valence-corrected chi connectivity index (χ3v) is 5.91. The Morgan fingerprint density at radius 3 is 2.35 bits per heavy atom. The van der Waals surface area contributed by atoms with E-state index in [1.165, 1.54) is 25.3 Å². The molecule has 3 aromatic carbocycles. The molecule has 3 aromatic rings. The molecule has 0 saturated heterocycles. The molecule has 174 valence electrons. The third-order valence-electron chi connectivity index (χ3n) is 5.91. The SMILES string of the molecule is COC(=O)[C@H](C(C)C)N1Cc2cc(-c3ccc(NC(=O)c4cccc(F)c4)cc3)ccc2C1=O. The standard InChI is InChI=1S/C27H25FN2O4/c1-16(2)24(27(33)34-3)30-15-20-13-18(9-12-23(20)26(30)32)17-7-10-22(11-8-17)29-25(31)19-5-4-6-21(28)14-19/h4-14,16,24H,15H2,1-3H3,(H,29,31)/t24-/m0/s1. The largest absolute Gasteiger partial charge is 0.467 e. The summed E-state index contributed by atoms with van der Waals surface area (Å²) in [5.41, 5.74) is 4.07.